The first-order valence-electron chi connectivity index (χ1n) is 6.18. The van der Waals surface area contributed by atoms with Crippen molar-refractivity contribution in [2.45, 2.75) is 26.4 Å². The Kier molecular flexibility index (Phi) is 3.95. The molecule has 3 nitrogen and oxygen atoms in total. The number of pyridine rings is 1. The number of aryl methyl sites for hydroxylation is 1. The maximum atomic E-state index is 5.59. The summed E-state index contributed by atoms with van der Waals surface area (Å²) in [4.78, 5) is 4.35. The molecule has 1 aromatic heterocycles. The predicted octanol–water partition coefficient (Wildman–Crippen LogP) is 3.02. The minimum atomic E-state index is 0.227. The van der Waals surface area contributed by atoms with Gasteiger partial charge in [0.05, 0.1) is 0 Å². The number of aromatic nitrogens is 1. The molecule has 1 heterocycles. The molecule has 2 aromatic rings. The molecule has 0 spiro atoms. The lowest BCUT2D eigenvalue weighted by Crippen LogP contribution is -2.09. The molecule has 0 saturated carbocycles. The third-order valence-electron chi connectivity index (χ3n) is 3.08. The van der Waals surface area contributed by atoms with Gasteiger partial charge in [0.2, 0.25) is 0 Å². The summed E-state index contributed by atoms with van der Waals surface area (Å²) in [6.07, 6.45) is 1.81. The van der Waals surface area contributed by atoms with Crippen LogP contribution in [0.2, 0.25) is 0 Å². The first-order chi connectivity index (χ1) is 8.70. The number of rotatable bonds is 4. The average molecular weight is 241 g/mol. The van der Waals surface area contributed by atoms with Gasteiger partial charge in [-0.25, -0.2) is 4.98 Å². The third-order valence-corrected chi connectivity index (χ3v) is 3.08. The van der Waals surface area contributed by atoms with E-state index >= 15 is 0 Å². The van der Waals surface area contributed by atoms with Gasteiger partial charge < -0.3 is 11.1 Å². The van der Waals surface area contributed by atoms with Crippen LogP contribution in [0.5, 0.6) is 0 Å². The fourth-order valence-electron chi connectivity index (χ4n) is 1.87. The van der Waals surface area contributed by atoms with Crippen molar-refractivity contribution in [3.05, 3.63) is 59.3 Å². The van der Waals surface area contributed by atoms with E-state index in [9.17, 15) is 0 Å². The van der Waals surface area contributed by atoms with Crippen LogP contribution in [0, 0.1) is 6.92 Å². The maximum absolute atomic E-state index is 5.59. The molecule has 0 fully saturated rings. The normalized spacial score (nSPS) is 12.2. The first-order valence-corrected chi connectivity index (χ1v) is 6.18. The SMILES string of the molecule is Cc1cccnc1NC(C)c1ccc(CN)cc1. The molecule has 1 unspecified atom stereocenters. The molecular weight excluding hydrogens is 222 g/mol. The first kappa shape index (κ1) is 12.6. The highest BCUT2D eigenvalue weighted by molar-refractivity contribution is 5.45. The highest BCUT2D eigenvalue weighted by Gasteiger charge is 2.07. The number of nitrogens with one attached hydrogen (secondary N) is 1. The van der Waals surface area contributed by atoms with Gasteiger partial charge in [0.1, 0.15) is 5.82 Å². The van der Waals surface area contributed by atoms with E-state index in [4.69, 9.17) is 5.73 Å². The van der Waals surface area contributed by atoms with Crippen LogP contribution in [0.3, 0.4) is 0 Å². The van der Waals surface area contributed by atoms with E-state index in [1.165, 1.54) is 5.56 Å². The van der Waals surface area contributed by atoms with Crippen molar-refractivity contribution < 1.29 is 0 Å². The van der Waals surface area contributed by atoms with E-state index in [0.29, 0.717) is 6.54 Å². The fourth-order valence-corrected chi connectivity index (χ4v) is 1.87. The lowest BCUT2D eigenvalue weighted by Gasteiger charge is -2.16. The quantitative estimate of drug-likeness (QED) is 0.865. The highest BCUT2D eigenvalue weighted by Crippen LogP contribution is 2.20. The Hall–Kier alpha value is -1.87. The summed E-state index contributed by atoms with van der Waals surface area (Å²) in [5, 5.41) is 3.42. The number of benzene rings is 1. The molecule has 2 rings (SSSR count). The molecule has 0 saturated heterocycles. The van der Waals surface area contributed by atoms with Crippen molar-refractivity contribution in [1.29, 1.82) is 0 Å². The Bertz CT molecular complexity index is 505. The number of hydrogen-bond donors (Lipinski definition) is 2. The van der Waals surface area contributed by atoms with E-state index in [2.05, 4.69) is 54.5 Å². The van der Waals surface area contributed by atoms with E-state index < -0.39 is 0 Å². The number of nitrogens with two attached hydrogens (primary N) is 1. The molecule has 18 heavy (non-hydrogen) atoms. The molecule has 0 radical (unpaired) electrons. The molecule has 1 atom stereocenters. The number of nitrogens with zero attached hydrogens (tertiary/aromatic N) is 1. The number of anilines is 1. The summed E-state index contributed by atoms with van der Waals surface area (Å²) in [5.41, 5.74) is 9.14. The van der Waals surface area contributed by atoms with Gasteiger partial charge in [0.25, 0.3) is 0 Å². The second-order valence-corrected chi connectivity index (χ2v) is 4.48. The van der Waals surface area contributed by atoms with Gasteiger partial charge in [-0.1, -0.05) is 30.3 Å². The molecule has 1 aromatic carbocycles. The van der Waals surface area contributed by atoms with Crippen LogP contribution in [0.15, 0.2) is 42.6 Å². The molecule has 0 aliphatic carbocycles. The van der Waals surface area contributed by atoms with Crippen LogP contribution in [0.1, 0.15) is 29.7 Å². The predicted molar refractivity (Wildman–Crippen MR) is 75.3 cm³/mol. The van der Waals surface area contributed by atoms with Crippen LogP contribution in [0.25, 0.3) is 0 Å². The Balaban J connectivity index is 2.11. The summed E-state index contributed by atoms with van der Waals surface area (Å²) < 4.78 is 0. The van der Waals surface area contributed by atoms with Crippen LogP contribution in [-0.2, 0) is 6.54 Å². The lowest BCUT2D eigenvalue weighted by atomic mass is 10.1. The zero-order chi connectivity index (χ0) is 13.0. The number of hydrogen-bond acceptors (Lipinski definition) is 3. The van der Waals surface area contributed by atoms with Gasteiger partial charge in [-0.2, -0.15) is 0 Å². The average Bonchev–Trinajstić information content (AvgIpc) is 2.41. The minimum Gasteiger partial charge on any atom is -0.363 e. The Labute approximate surface area is 108 Å². The van der Waals surface area contributed by atoms with E-state index in [0.717, 1.165) is 16.9 Å². The molecule has 3 heteroatoms. The van der Waals surface area contributed by atoms with E-state index in [1.54, 1.807) is 6.20 Å². The molecular formula is C15H19N3. The van der Waals surface area contributed by atoms with Gasteiger partial charge in [0, 0.05) is 18.8 Å². The summed E-state index contributed by atoms with van der Waals surface area (Å²) in [6, 6.07) is 12.6. The summed E-state index contributed by atoms with van der Waals surface area (Å²) in [5.74, 6) is 0.938. The lowest BCUT2D eigenvalue weighted by molar-refractivity contribution is 0.869. The van der Waals surface area contributed by atoms with E-state index in [1.807, 2.05) is 6.07 Å². The van der Waals surface area contributed by atoms with Crippen LogP contribution in [-0.4, -0.2) is 4.98 Å². The Morgan fingerprint density at radius 1 is 1.22 bits per heavy atom. The third kappa shape index (κ3) is 2.87. The summed E-state index contributed by atoms with van der Waals surface area (Å²) in [6.45, 7) is 4.77. The molecule has 94 valence electrons. The van der Waals surface area contributed by atoms with Crippen molar-refractivity contribution in [1.82, 2.24) is 4.98 Å². The van der Waals surface area contributed by atoms with Crippen LogP contribution >= 0.6 is 0 Å². The monoisotopic (exact) mass is 241 g/mol. The van der Waals surface area contributed by atoms with Crippen molar-refractivity contribution in [2.24, 2.45) is 5.73 Å². The molecule has 0 aliphatic rings. The van der Waals surface area contributed by atoms with Crippen molar-refractivity contribution >= 4 is 5.82 Å². The van der Waals surface area contributed by atoms with Gasteiger partial charge in [-0.05, 0) is 36.6 Å². The Morgan fingerprint density at radius 2 is 1.94 bits per heavy atom. The van der Waals surface area contributed by atoms with Crippen molar-refractivity contribution in [2.75, 3.05) is 5.32 Å². The van der Waals surface area contributed by atoms with Gasteiger partial charge >= 0.3 is 0 Å². The summed E-state index contributed by atoms with van der Waals surface area (Å²) in [7, 11) is 0. The molecule has 0 amide bonds. The molecule has 0 bridgehead atoms. The Morgan fingerprint density at radius 3 is 2.56 bits per heavy atom. The van der Waals surface area contributed by atoms with Crippen molar-refractivity contribution in [3.63, 3.8) is 0 Å². The second kappa shape index (κ2) is 5.65. The smallest absolute Gasteiger partial charge is 0.129 e. The minimum absolute atomic E-state index is 0.227. The standard InChI is InChI=1S/C15H19N3/c1-11-4-3-9-17-15(11)18-12(2)14-7-5-13(10-16)6-8-14/h3-9,12H,10,16H2,1-2H3,(H,17,18). The van der Waals surface area contributed by atoms with Gasteiger partial charge in [-0.15, -0.1) is 0 Å². The largest absolute Gasteiger partial charge is 0.363 e. The maximum Gasteiger partial charge on any atom is 0.129 e. The van der Waals surface area contributed by atoms with Gasteiger partial charge in [0.15, 0.2) is 0 Å². The zero-order valence-electron chi connectivity index (χ0n) is 10.9. The molecule has 0 aliphatic heterocycles. The van der Waals surface area contributed by atoms with Crippen LogP contribution < -0.4 is 11.1 Å². The second-order valence-electron chi connectivity index (χ2n) is 4.48. The summed E-state index contributed by atoms with van der Waals surface area (Å²) >= 11 is 0. The van der Waals surface area contributed by atoms with Crippen molar-refractivity contribution in [3.8, 4) is 0 Å². The zero-order valence-corrected chi connectivity index (χ0v) is 10.9. The van der Waals surface area contributed by atoms with Crippen LogP contribution in [0.4, 0.5) is 5.82 Å². The van der Waals surface area contributed by atoms with Gasteiger partial charge in [-0.3, -0.25) is 0 Å². The fraction of sp³-hybridized carbons (Fsp3) is 0.267. The van der Waals surface area contributed by atoms with E-state index in [-0.39, 0.29) is 6.04 Å². The molecule has 3 N–H and O–H groups in total. The topological polar surface area (TPSA) is 50.9 Å². The highest BCUT2D eigenvalue weighted by atomic mass is 15.0.